The lowest BCUT2D eigenvalue weighted by atomic mass is 10.2. The molecule has 4 aromatic rings. The Hall–Kier alpha value is -3.86. The lowest BCUT2D eigenvalue weighted by molar-refractivity contribution is 0.585. The maximum Gasteiger partial charge on any atom is 0.279 e. The topological polar surface area (TPSA) is 87.4 Å². The summed E-state index contributed by atoms with van der Waals surface area (Å²) >= 11 is 0. The summed E-state index contributed by atoms with van der Waals surface area (Å²) in [4.78, 5) is 23.1. The summed E-state index contributed by atoms with van der Waals surface area (Å²) in [6.07, 6.45) is 1.42. The molecule has 0 saturated carbocycles. The van der Waals surface area contributed by atoms with Crippen LogP contribution in [0, 0.1) is 23.0 Å². The third kappa shape index (κ3) is 2.52. The van der Waals surface area contributed by atoms with Crippen LogP contribution in [0.15, 0.2) is 53.6 Å². The highest BCUT2D eigenvalue weighted by atomic mass is 19.1. The van der Waals surface area contributed by atoms with Crippen molar-refractivity contribution >= 4 is 11.2 Å². The summed E-state index contributed by atoms with van der Waals surface area (Å²) in [5, 5.41) is 8.89. The molecule has 0 atom stereocenters. The van der Waals surface area contributed by atoms with Gasteiger partial charge < -0.3 is 4.98 Å². The Labute approximate surface area is 145 Å². The fourth-order valence-corrected chi connectivity index (χ4v) is 2.60. The van der Waals surface area contributed by atoms with Gasteiger partial charge in [0, 0.05) is 11.8 Å². The minimum atomic E-state index is -0.836. The third-order valence-electron chi connectivity index (χ3n) is 3.87. The van der Waals surface area contributed by atoms with Crippen molar-refractivity contribution in [2.24, 2.45) is 0 Å². The van der Waals surface area contributed by atoms with E-state index in [1.807, 2.05) is 6.07 Å². The molecule has 126 valence electrons. The van der Waals surface area contributed by atoms with Crippen LogP contribution >= 0.6 is 0 Å². The van der Waals surface area contributed by atoms with Crippen LogP contribution in [0.2, 0.25) is 0 Å². The monoisotopic (exact) mass is 349 g/mol. The quantitative estimate of drug-likeness (QED) is 0.603. The smallest absolute Gasteiger partial charge is 0.279 e. The van der Waals surface area contributed by atoms with E-state index in [1.54, 1.807) is 28.8 Å². The van der Waals surface area contributed by atoms with E-state index >= 15 is 0 Å². The van der Waals surface area contributed by atoms with Crippen LogP contribution in [-0.2, 0) is 0 Å². The van der Waals surface area contributed by atoms with Crippen LogP contribution in [0.25, 0.3) is 28.2 Å². The first-order valence-corrected chi connectivity index (χ1v) is 7.50. The number of nitriles is 1. The molecule has 0 aliphatic carbocycles. The SMILES string of the molecule is N#Cc1ccc(-n2cnc3c(=O)[nH]c(-c4ccc(F)cc4F)nc32)cc1. The number of halogens is 2. The average molecular weight is 349 g/mol. The molecule has 0 amide bonds. The Kier molecular flexibility index (Phi) is 3.55. The van der Waals surface area contributed by atoms with E-state index in [0.29, 0.717) is 11.3 Å². The fourth-order valence-electron chi connectivity index (χ4n) is 2.60. The summed E-state index contributed by atoms with van der Waals surface area (Å²) in [5.74, 6) is -1.59. The predicted octanol–water partition coefficient (Wildman–Crippen LogP) is 2.93. The Bertz CT molecular complexity index is 1240. The number of hydrogen-bond acceptors (Lipinski definition) is 4. The van der Waals surface area contributed by atoms with Crippen molar-refractivity contribution in [3.05, 3.63) is 76.3 Å². The second-order valence-electron chi connectivity index (χ2n) is 5.48. The van der Waals surface area contributed by atoms with Gasteiger partial charge in [-0.25, -0.2) is 18.7 Å². The van der Waals surface area contributed by atoms with E-state index in [-0.39, 0.29) is 22.6 Å². The van der Waals surface area contributed by atoms with Gasteiger partial charge in [0.2, 0.25) is 0 Å². The molecule has 2 aromatic carbocycles. The van der Waals surface area contributed by atoms with Gasteiger partial charge in [0.05, 0.1) is 17.2 Å². The number of nitrogens with zero attached hydrogens (tertiary/aromatic N) is 4. The minimum absolute atomic E-state index is 0.0296. The third-order valence-corrected chi connectivity index (χ3v) is 3.87. The standard InChI is InChI=1S/C18H9F2N5O/c19-11-3-6-13(14(20)7-11)16-23-17-15(18(26)24-16)22-9-25(17)12-4-1-10(8-21)2-5-12/h1-7,9H,(H,23,24,26). The molecule has 26 heavy (non-hydrogen) atoms. The highest BCUT2D eigenvalue weighted by Crippen LogP contribution is 2.22. The Morgan fingerprint density at radius 1 is 1.12 bits per heavy atom. The van der Waals surface area contributed by atoms with Crippen molar-refractivity contribution in [1.29, 1.82) is 5.26 Å². The normalized spacial score (nSPS) is 10.8. The van der Waals surface area contributed by atoms with E-state index in [0.717, 1.165) is 12.1 Å². The van der Waals surface area contributed by atoms with Gasteiger partial charge in [-0.1, -0.05) is 0 Å². The second kappa shape index (κ2) is 5.89. The first kappa shape index (κ1) is 15.7. The number of hydrogen-bond donors (Lipinski definition) is 1. The van der Waals surface area contributed by atoms with Gasteiger partial charge in [0.15, 0.2) is 11.2 Å². The molecule has 0 bridgehead atoms. The van der Waals surface area contributed by atoms with E-state index in [2.05, 4.69) is 15.0 Å². The van der Waals surface area contributed by atoms with Gasteiger partial charge in [-0.15, -0.1) is 0 Å². The van der Waals surface area contributed by atoms with Gasteiger partial charge >= 0.3 is 0 Å². The van der Waals surface area contributed by atoms with Crippen molar-refractivity contribution in [1.82, 2.24) is 19.5 Å². The second-order valence-corrected chi connectivity index (χ2v) is 5.48. The van der Waals surface area contributed by atoms with Gasteiger partial charge in [0.25, 0.3) is 5.56 Å². The van der Waals surface area contributed by atoms with Crippen molar-refractivity contribution in [2.75, 3.05) is 0 Å². The lowest BCUT2D eigenvalue weighted by Crippen LogP contribution is -2.11. The number of aromatic amines is 1. The van der Waals surface area contributed by atoms with Crippen LogP contribution in [0.4, 0.5) is 8.78 Å². The number of H-pyrrole nitrogens is 1. The van der Waals surface area contributed by atoms with Crippen molar-refractivity contribution < 1.29 is 8.78 Å². The lowest BCUT2D eigenvalue weighted by Gasteiger charge is -2.06. The summed E-state index contributed by atoms with van der Waals surface area (Å²) in [6.45, 7) is 0. The number of nitrogens with one attached hydrogen (secondary N) is 1. The molecule has 1 N–H and O–H groups in total. The molecule has 4 rings (SSSR count). The first-order valence-electron chi connectivity index (χ1n) is 7.50. The van der Waals surface area contributed by atoms with Gasteiger partial charge in [-0.3, -0.25) is 9.36 Å². The van der Waals surface area contributed by atoms with Crippen LogP contribution in [0.3, 0.4) is 0 Å². The summed E-state index contributed by atoms with van der Waals surface area (Å²) < 4.78 is 28.7. The molecule has 0 aliphatic heterocycles. The van der Waals surface area contributed by atoms with E-state index in [9.17, 15) is 13.6 Å². The minimum Gasteiger partial charge on any atom is -0.304 e. The van der Waals surface area contributed by atoms with Gasteiger partial charge in [-0.05, 0) is 36.4 Å². The molecule has 0 radical (unpaired) electrons. The molecule has 6 nitrogen and oxygen atoms in total. The van der Waals surface area contributed by atoms with Crippen molar-refractivity contribution in [3.63, 3.8) is 0 Å². The number of fused-ring (bicyclic) bond motifs is 1. The Morgan fingerprint density at radius 2 is 1.88 bits per heavy atom. The maximum absolute atomic E-state index is 14.0. The Morgan fingerprint density at radius 3 is 2.58 bits per heavy atom. The zero-order valence-electron chi connectivity index (χ0n) is 13.1. The van der Waals surface area contributed by atoms with Crippen LogP contribution in [0.5, 0.6) is 0 Å². The number of aromatic nitrogens is 4. The number of rotatable bonds is 2. The molecular weight excluding hydrogens is 340 g/mol. The number of benzene rings is 2. The molecule has 0 saturated heterocycles. The van der Waals surface area contributed by atoms with Crippen LogP contribution < -0.4 is 5.56 Å². The van der Waals surface area contributed by atoms with E-state index < -0.39 is 17.2 Å². The summed E-state index contributed by atoms with van der Waals surface area (Å²) in [7, 11) is 0. The van der Waals surface area contributed by atoms with E-state index in [1.165, 1.54) is 12.4 Å². The molecule has 2 aromatic heterocycles. The molecule has 0 unspecified atom stereocenters. The van der Waals surface area contributed by atoms with Crippen molar-refractivity contribution in [2.45, 2.75) is 0 Å². The zero-order chi connectivity index (χ0) is 18.3. The Balaban J connectivity index is 1.93. The van der Waals surface area contributed by atoms with Crippen LogP contribution in [0.1, 0.15) is 5.56 Å². The molecule has 0 fully saturated rings. The van der Waals surface area contributed by atoms with Crippen molar-refractivity contribution in [3.8, 4) is 23.1 Å². The highest BCUT2D eigenvalue weighted by Gasteiger charge is 2.15. The molecule has 0 spiro atoms. The summed E-state index contributed by atoms with van der Waals surface area (Å²) in [6, 6.07) is 11.6. The molecule has 0 aliphatic rings. The molecular formula is C18H9F2N5O. The first-order chi connectivity index (χ1) is 12.6. The fraction of sp³-hybridized carbons (Fsp3) is 0. The zero-order valence-corrected chi connectivity index (χ0v) is 13.1. The maximum atomic E-state index is 14.0. The van der Waals surface area contributed by atoms with Gasteiger partial charge in [0.1, 0.15) is 23.8 Å². The largest absolute Gasteiger partial charge is 0.304 e. The average Bonchev–Trinajstić information content (AvgIpc) is 3.06. The molecule has 2 heterocycles. The number of imidazole rings is 1. The van der Waals surface area contributed by atoms with Gasteiger partial charge in [-0.2, -0.15) is 5.26 Å². The van der Waals surface area contributed by atoms with Crippen LogP contribution in [-0.4, -0.2) is 19.5 Å². The molecule has 8 heteroatoms. The predicted molar refractivity (Wildman–Crippen MR) is 89.6 cm³/mol. The van der Waals surface area contributed by atoms with E-state index in [4.69, 9.17) is 5.26 Å². The highest BCUT2D eigenvalue weighted by molar-refractivity contribution is 5.74. The summed E-state index contributed by atoms with van der Waals surface area (Å²) in [5.41, 5.74) is 0.852.